The van der Waals surface area contributed by atoms with Crippen molar-refractivity contribution in [1.29, 1.82) is 0 Å². The molecular formula is C90H64BClN8O2S2. The van der Waals surface area contributed by atoms with Gasteiger partial charge in [0.15, 0.2) is 34.9 Å². The highest BCUT2D eigenvalue weighted by Crippen LogP contribution is 2.45. The van der Waals surface area contributed by atoms with Gasteiger partial charge in [-0.3, -0.25) is 0 Å². The number of pyridine rings is 2. The summed E-state index contributed by atoms with van der Waals surface area (Å²) >= 11 is 10.0. The van der Waals surface area contributed by atoms with Crippen molar-refractivity contribution in [3.63, 3.8) is 0 Å². The molecule has 1 aliphatic rings. The molecule has 104 heavy (non-hydrogen) atoms. The smallest absolute Gasteiger partial charge is 0.399 e. The van der Waals surface area contributed by atoms with Gasteiger partial charge in [0.25, 0.3) is 0 Å². The Morgan fingerprint density at radius 1 is 0.269 bits per heavy atom. The van der Waals surface area contributed by atoms with Gasteiger partial charge >= 0.3 is 7.12 Å². The van der Waals surface area contributed by atoms with Crippen LogP contribution < -0.4 is 5.46 Å². The first kappa shape index (κ1) is 65.5. The molecule has 0 atom stereocenters. The zero-order valence-corrected chi connectivity index (χ0v) is 59.6. The van der Waals surface area contributed by atoms with E-state index < -0.39 is 0 Å². The van der Waals surface area contributed by atoms with E-state index in [2.05, 4.69) is 185 Å². The van der Waals surface area contributed by atoms with E-state index in [1.807, 2.05) is 169 Å². The van der Waals surface area contributed by atoms with Crippen LogP contribution in [-0.2, 0) is 9.31 Å². The third-order valence-corrected chi connectivity index (χ3v) is 22.2. The van der Waals surface area contributed by atoms with Gasteiger partial charge in [0.2, 0.25) is 0 Å². The summed E-state index contributed by atoms with van der Waals surface area (Å²) < 4.78 is 17.2. The van der Waals surface area contributed by atoms with E-state index in [9.17, 15) is 0 Å². The van der Waals surface area contributed by atoms with Crippen molar-refractivity contribution in [3.8, 4) is 102 Å². The standard InChI is InChI=1S/C42H26N4S.C33H30BN3O2.C15H8ClNS/c1-3-11-30(12-4-1)40-44-41(31-13-5-2-6-14-31)46-42(45-40)32-25-21-28(22-26-32)27-19-23-29(24-20-27)37-33-15-7-9-17-35(33)43-38-34-16-8-10-18-36(34)47-39(37)38;1-32(2)33(3,4)39-34(38-32)28-21-19-24(20-22-28)23-15-17-27(18-16-23)31-36-29(25-11-7-5-8-12-25)35-30(37-31)26-13-9-6-10-14-26;16-13-9-5-1-3-7-11(9)17-14-10-6-2-4-8-12(10)18-15(13)14/h1-26H;5-22H,1-4H3;1-8H. The number of aromatic nitrogens is 8. The predicted molar refractivity (Wildman–Crippen MR) is 432 cm³/mol. The Hall–Kier alpha value is -11.8. The summed E-state index contributed by atoms with van der Waals surface area (Å²) in [4.78, 5) is 38.9. The molecule has 18 aromatic rings. The monoisotopic (exact) mass is 1400 g/mol. The molecule has 1 fully saturated rings. The van der Waals surface area contributed by atoms with Crippen LogP contribution in [0, 0.1) is 0 Å². The molecule has 10 nitrogen and oxygen atoms in total. The van der Waals surface area contributed by atoms with E-state index in [0.717, 1.165) is 98.3 Å². The number of para-hydroxylation sites is 2. The third kappa shape index (κ3) is 13.0. The van der Waals surface area contributed by atoms with Gasteiger partial charge in [0.05, 0.1) is 47.7 Å². The second-order valence-electron chi connectivity index (χ2n) is 26.5. The van der Waals surface area contributed by atoms with E-state index in [1.54, 1.807) is 11.3 Å². The number of hydrogen-bond donors (Lipinski definition) is 0. The Kier molecular flexibility index (Phi) is 17.5. The second kappa shape index (κ2) is 27.9. The Morgan fingerprint density at radius 3 is 0.942 bits per heavy atom. The fourth-order valence-electron chi connectivity index (χ4n) is 13.1. The minimum atomic E-state index is -0.368. The molecule has 0 unspecified atom stereocenters. The maximum atomic E-state index is 6.52. The summed E-state index contributed by atoms with van der Waals surface area (Å²) in [6.45, 7) is 8.28. The first-order chi connectivity index (χ1) is 50.9. The van der Waals surface area contributed by atoms with Gasteiger partial charge in [-0.2, -0.15) is 0 Å². The molecule has 19 rings (SSSR count). The van der Waals surface area contributed by atoms with Gasteiger partial charge in [-0.15, -0.1) is 22.7 Å². The maximum Gasteiger partial charge on any atom is 0.494 e. The molecule has 12 aromatic carbocycles. The summed E-state index contributed by atoms with van der Waals surface area (Å²) in [6, 6.07) is 108. The highest BCUT2D eigenvalue weighted by Gasteiger charge is 2.51. The van der Waals surface area contributed by atoms with Crippen molar-refractivity contribution in [3.05, 3.63) is 320 Å². The van der Waals surface area contributed by atoms with Gasteiger partial charge < -0.3 is 9.31 Å². The van der Waals surface area contributed by atoms with Crippen LogP contribution in [0.25, 0.3) is 164 Å². The average molecular weight is 1400 g/mol. The van der Waals surface area contributed by atoms with Crippen LogP contribution >= 0.6 is 34.3 Å². The van der Waals surface area contributed by atoms with E-state index >= 15 is 0 Å². The number of halogens is 1. The number of benzene rings is 12. The molecule has 0 aliphatic carbocycles. The van der Waals surface area contributed by atoms with Crippen LogP contribution in [0.5, 0.6) is 0 Å². The highest BCUT2D eigenvalue weighted by atomic mass is 35.5. The molecular weight excluding hydrogens is 1340 g/mol. The molecule has 14 heteroatoms. The maximum absolute atomic E-state index is 6.52. The quantitative estimate of drug-likeness (QED) is 0.122. The Balaban J connectivity index is 0.000000126. The van der Waals surface area contributed by atoms with Crippen molar-refractivity contribution in [1.82, 2.24) is 39.9 Å². The highest BCUT2D eigenvalue weighted by molar-refractivity contribution is 7.26. The lowest BCUT2D eigenvalue weighted by atomic mass is 9.78. The third-order valence-electron chi connectivity index (χ3n) is 19.3. The lowest BCUT2D eigenvalue weighted by Crippen LogP contribution is -2.41. The van der Waals surface area contributed by atoms with Crippen LogP contribution in [-0.4, -0.2) is 58.2 Å². The molecule has 0 spiro atoms. The van der Waals surface area contributed by atoms with Crippen molar-refractivity contribution < 1.29 is 9.31 Å². The number of nitrogens with zero attached hydrogens (tertiary/aromatic N) is 8. The number of hydrogen-bond acceptors (Lipinski definition) is 12. The largest absolute Gasteiger partial charge is 0.494 e. The topological polar surface area (TPSA) is 122 Å². The van der Waals surface area contributed by atoms with Crippen LogP contribution in [0.15, 0.2) is 315 Å². The summed E-state index contributed by atoms with van der Waals surface area (Å²) in [5.74, 6) is 3.92. The minimum Gasteiger partial charge on any atom is -0.399 e. The first-order valence-electron chi connectivity index (χ1n) is 34.5. The van der Waals surface area contributed by atoms with Gasteiger partial charge in [-0.05, 0) is 85.2 Å². The molecule has 0 saturated carbocycles. The molecule has 0 bridgehead atoms. The summed E-state index contributed by atoms with van der Waals surface area (Å²) in [5, 5.41) is 5.41. The Labute approximate surface area is 615 Å². The Morgan fingerprint density at radius 2 is 0.548 bits per heavy atom. The summed E-state index contributed by atoms with van der Waals surface area (Å²) in [7, 11) is -0.368. The minimum absolute atomic E-state index is 0.359. The van der Waals surface area contributed by atoms with Gasteiger partial charge in [-0.1, -0.05) is 303 Å². The molecule has 1 aliphatic heterocycles. The normalized spacial score (nSPS) is 13.1. The van der Waals surface area contributed by atoms with Crippen LogP contribution in [0.4, 0.5) is 0 Å². The molecule has 0 amide bonds. The fourth-order valence-corrected chi connectivity index (χ4v) is 15.7. The van der Waals surface area contributed by atoms with Gasteiger partial charge in [0, 0.05) is 69.9 Å². The van der Waals surface area contributed by atoms with Crippen molar-refractivity contribution in [2.75, 3.05) is 0 Å². The van der Waals surface area contributed by atoms with Crippen molar-refractivity contribution >= 4 is 109 Å². The molecule has 7 heterocycles. The molecule has 0 radical (unpaired) electrons. The first-order valence-corrected chi connectivity index (χ1v) is 36.5. The summed E-state index contributed by atoms with van der Waals surface area (Å²) in [5.41, 5.74) is 17.0. The van der Waals surface area contributed by atoms with E-state index in [1.165, 1.54) is 41.4 Å². The summed E-state index contributed by atoms with van der Waals surface area (Å²) in [6.07, 6.45) is 0. The van der Waals surface area contributed by atoms with Gasteiger partial charge in [0.1, 0.15) is 0 Å². The zero-order chi connectivity index (χ0) is 70.3. The second-order valence-corrected chi connectivity index (χ2v) is 29.0. The average Bonchev–Trinajstić information content (AvgIpc) is 1.55. The van der Waals surface area contributed by atoms with Crippen LogP contribution in [0.2, 0.25) is 5.02 Å². The number of rotatable bonds is 10. The van der Waals surface area contributed by atoms with Crippen molar-refractivity contribution in [2.24, 2.45) is 0 Å². The number of fused-ring (bicyclic) bond motifs is 8. The molecule has 6 aromatic heterocycles. The predicted octanol–water partition coefficient (Wildman–Crippen LogP) is 23.2. The van der Waals surface area contributed by atoms with Gasteiger partial charge in [-0.25, -0.2) is 39.9 Å². The SMILES string of the molecule is CC1(C)OB(c2ccc(-c3ccc(-c4nc(-c5ccccc5)nc(-c5ccccc5)n4)cc3)cc2)OC1(C)C.Clc1c2ccccc2nc2c1sc1ccccc12.c1ccc(-c2nc(-c3ccccc3)nc(-c3ccc(-c4ccc(-c5c6ccccc6nc6c5sc5ccccc56)cc4)cc3)n2)cc1. The van der Waals surface area contributed by atoms with Crippen molar-refractivity contribution in [2.45, 2.75) is 38.9 Å². The molecule has 498 valence electrons. The fraction of sp³-hybridized carbons (Fsp3) is 0.0667. The van der Waals surface area contributed by atoms with E-state index in [4.69, 9.17) is 60.8 Å². The lowest BCUT2D eigenvalue weighted by molar-refractivity contribution is 0.00578. The Bertz CT molecular complexity index is 6040. The lowest BCUT2D eigenvalue weighted by Gasteiger charge is -2.32. The van der Waals surface area contributed by atoms with Crippen LogP contribution in [0.3, 0.4) is 0 Å². The number of thiophene rings is 2. The molecule has 1 saturated heterocycles. The van der Waals surface area contributed by atoms with Crippen LogP contribution in [0.1, 0.15) is 27.7 Å². The van der Waals surface area contributed by atoms with E-state index in [-0.39, 0.29) is 18.3 Å². The molecule has 0 N–H and O–H groups in total. The van der Waals surface area contributed by atoms with E-state index in [0.29, 0.717) is 34.9 Å². The zero-order valence-electron chi connectivity index (χ0n) is 57.2.